The molecule has 11 heavy (non-hydrogen) atoms. The van der Waals surface area contributed by atoms with E-state index in [0.29, 0.717) is 0 Å². The minimum absolute atomic E-state index is 0.234. The molecule has 1 atom stereocenters. The molecular formula is C9H12BrN. The van der Waals surface area contributed by atoms with Crippen molar-refractivity contribution in [2.45, 2.75) is 12.5 Å². The van der Waals surface area contributed by atoms with Crippen molar-refractivity contribution in [3.05, 3.63) is 35.9 Å². The van der Waals surface area contributed by atoms with E-state index in [-0.39, 0.29) is 6.04 Å². The Labute approximate surface area is 75.7 Å². The Morgan fingerprint density at radius 2 is 1.91 bits per heavy atom. The zero-order valence-electron chi connectivity index (χ0n) is 6.33. The van der Waals surface area contributed by atoms with Crippen LogP contribution in [0, 0.1) is 0 Å². The second-order valence-corrected chi connectivity index (χ2v) is 3.25. The molecule has 0 bridgehead atoms. The number of hydrogen-bond donors (Lipinski definition) is 1. The van der Waals surface area contributed by atoms with Gasteiger partial charge in [-0.05, 0) is 12.0 Å². The second kappa shape index (κ2) is 4.52. The molecule has 1 nitrogen and oxygen atoms in total. The molecule has 0 aromatic heterocycles. The normalized spacial score (nSPS) is 12.9. The second-order valence-electron chi connectivity index (χ2n) is 2.60. The van der Waals surface area contributed by atoms with Crippen molar-refractivity contribution < 1.29 is 0 Å². The van der Waals surface area contributed by atoms with Crippen molar-refractivity contribution in [3.63, 3.8) is 0 Å². The van der Waals surface area contributed by atoms with E-state index in [2.05, 4.69) is 28.1 Å². The molecule has 2 N–H and O–H groups in total. The van der Waals surface area contributed by atoms with Crippen LogP contribution < -0.4 is 5.73 Å². The molecule has 0 heterocycles. The Hall–Kier alpha value is -0.340. The molecule has 0 saturated heterocycles. The Morgan fingerprint density at radius 3 is 2.45 bits per heavy atom. The van der Waals surface area contributed by atoms with Crippen molar-refractivity contribution in [1.29, 1.82) is 0 Å². The third-order valence-corrected chi connectivity index (χ3v) is 2.37. The van der Waals surface area contributed by atoms with Crippen LogP contribution in [0.4, 0.5) is 0 Å². The fourth-order valence-electron chi connectivity index (χ4n) is 0.971. The maximum Gasteiger partial charge on any atom is 0.0187 e. The molecule has 0 radical (unpaired) electrons. The van der Waals surface area contributed by atoms with Crippen LogP contribution in [0.25, 0.3) is 0 Å². The van der Waals surface area contributed by atoms with Crippen LogP contribution in [0.2, 0.25) is 0 Å². The highest BCUT2D eigenvalue weighted by molar-refractivity contribution is 9.09. The van der Waals surface area contributed by atoms with Gasteiger partial charge in [-0.25, -0.2) is 0 Å². The summed E-state index contributed by atoms with van der Waals surface area (Å²) in [6, 6.07) is 10.5. The Kier molecular flexibility index (Phi) is 3.60. The molecule has 0 fully saturated rings. The smallest absolute Gasteiger partial charge is 0.0187 e. The van der Waals surface area contributed by atoms with E-state index in [4.69, 9.17) is 5.73 Å². The lowest BCUT2D eigenvalue weighted by molar-refractivity contribution is 0.753. The minimum atomic E-state index is 0.234. The molecule has 1 aromatic rings. The van der Waals surface area contributed by atoms with E-state index in [1.807, 2.05) is 18.2 Å². The summed E-state index contributed by atoms with van der Waals surface area (Å²) < 4.78 is 0. The first kappa shape index (κ1) is 8.75. The third-order valence-electron chi connectivity index (χ3n) is 1.54. The number of hydrogen-bond acceptors (Lipinski definition) is 1. The molecule has 0 aliphatic carbocycles. The van der Waals surface area contributed by atoms with E-state index >= 15 is 0 Å². The van der Waals surface area contributed by atoms with Crippen LogP contribution in [0.5, 0.6) is 0 Å². The van der Waals surface area contributed by atoms with Gasteiger partial charge in [-0.1, -0.05) is 46.3 Å². The van der Waals surface area contributed by atoms with Crippen LogP contribution in [0.3, 0.4) is 0 Å². The Balaban J connectivity index is 2.51. The summed E-state index contributed by atoms with van der Waals surface area (Å²) in [5.41, 5.74) is 7.06. The van der Waals surface area contributed by atoms with Crippen LogP contribution in [0.1, 0.15) is 5.56 Å². The fourth-order valence-corrected chi connectivity index (χ4v) is 1.20. The number of alkyl halides is 1. The molecule has 1 aromatic carbocycles. The molecule has 0 saturated carbocycles. The predicted molar refractivity (Wildman–Crippen MR) is 51.9 cm³/mol. The third kappa shape index (κ3) is 3.04. The van der Waals surface area contributed by atoms with Crippen molar-refractivity contribution in [3.8, 4) is 0 Å². The molecule has 0 amide bonds. The van der Waals surface area contributed by atoms with Crippen LogP contribution in [-0.4, -0.2) is 11.4 Å². The van der Waals surface area contributed by atoms with Gasteiger partial charge in [0, 0.05) is 11.4 Å². The molecular weight excluding hydrogens is 202 g/mol. The lowest BCUT2D eigenvalue weighted by Gasteiger charge is -2.06. The SMILES string of the molecule is N[C@H](CBr)Cc1ccccc1. The molecule has 0 aliphatic rings. The van der Waals surface area contributed by atoms with Gasteiger partial charge in [0.1, 0.15) is 0 Å². The van der Waals surface area contributed by atoms with Gasteiger partial charge < -0.3 is 5.73 Å². The average molecular weight is 214 g/mol. The summed E-state index contributed by atoms with van der Waals surface area (Å²) >= 11 is 3.35. The van der Waals surface area contributed by atoms with Crippen molar-refractivity contribution >= 4 is 15.9 Å². The van der Waals surface area contributed by atoms with Gasteiger partial charge in [-0.3, -0.25) is 0 Å². The van der Waals surface area contributed by atoms with Gasteiger partial charge in [-0.15, -0.1) is 0 Å². The Bertz CT molecular complexity index is 198. The highest BCUT2D eigenvalue weighted by atomic mass is 79.9. The molecule has 0 aliphatic heterocycles. The van der Waals surface area contributed by atoms with Crippen molar-refractivity contribution in [1.82, 2.24) is 0 Å². The first-order valence-corrected chi connectivity index (χ1v) is 4.80. The van der Waals surface area contributed by atoms with Crippen LogP contribution in [-0.2, 0) is 6.42 Å². The van der Waals surface area contributed by atoms with Gasteiger partial charge in [0.05, 0.1) is 0 Å². The first-order chi connectivity index (χ1) is 5.33. The fraction of sp³-hybridized carbons (Fsp3) is 0.333. The summed E-state index contributed by atoms with van der Waals surface area (Å²) in [5.74, 6) is 0. The Morgan fingerprint density at radius 1 is 1.27 bits per heavy atom. The highest BCUT2D eigenvalue weighted by Gasteiger charge is 1.99. The standard InChI is InChI=1S/C9H12BrN/c10-7-9(11)6-8-4-2-1-3-5-8/h1-5,9H,6-7,11H2/t9-/m0/s1. The number of benzene rings is 1. The minimum Gasteiger partial charge on any atom is -0.327 e. The van der Waals surface area contributed by atoms with Crippen LogP contribution >= 0.6 is 15.9 Å². The maximum absolute atomic E-state index is 5.76. The summed E-state index contributed by atoms with van der Waals surface area (Å²) in [7, 11) is 0. The topological polar surface area (TPSA) is 26.0 Å². The summed E-state index contributed by atoms with van der Waals surface area (Å²) in [6.07, 6.45) is 0.950. The molecule has 1 rings (SSSR count). The van der Waals surface area contributed by atoms with Gasteiger partial charge in [-0.2, -0.15) is 0 Å². The quantitative estimate of drug-likeness (QED) is 0.764. The number of rotatable bonds is 3. The van der Waals surface area contributed by atoms with Gasteiger partial charge in [0.15, 0.2) is 0 Å². The van der Waals surface area contributed by atoms with Gasteiger partial charge in [0.2, 0.25) is 0 Å². The number of nitrogens with two attached hydrogens (primary N) is 1. The zero-order valence-corrected chi connectivity index (χ0v) is 7.92. The van der Waals surface area contributed by atoms with E-state index in [1.54, 1.807) is 0 Å². The van der Waals surface area contributed by atoms with Crippen molar-refractivity contribution in [2.24, 2.45) is 5.73 Å². The average Bonchev–Trinajstić information content (AvgIpc) is 2.06. The highest BCUT2D eigenvalue weighted by Crippen LogP contribution is 2.02. The van der Waals surface area contributed by atoms with E-state index in [1.165, 1.54) is 5.56 Å². The molecule has 60 valence electrons. The summed E-state index contributed by atoms with van der Waals surface area (Å²) in [4.78, 5) is 0. The van der Waals surface area contributed by atoms with E-state index in [9.17, 15) is 0 Å². The lowest BCUT2D eigenvalue weighted by atomic mass is 10.1. The summed E-state index contributed by atoms with van der Waals surface area (Å²) in [6.45, 7) is 0. The lowest BCUT2D eigenvalue weighted by Crippen LogP contribution is -2.24. The monoisotopic (exact) mass is 213 g/mol. The predicted octanol–water partition coefficient (Wildman–Crippen LogP) is 1.95. The summed E-state index contributed by atoms with van der Waals surface area (Å²) in [5, 5.41) is 0.863. The molecule has 0 spiro atoms. The van der Waals surface area contributed by atoms with E-state index < -0.39 is 0 Å². The zero-order chi connectivity index (χ0) is 8.10. The van der Waals surface area contributed by atoms with Crippen LogP contribution in [0.15, 0.2) is 30.3 Å². The largest absolute Gasteiger partial charge is 0.327 e. The van der Waals surface area contributed by atoms with Gasteiger partial charge >= 0.3 is 0 Å². The van der Waals surface area contributed by atoms with E-state index in [0.717, 1.165) is 11.8 Å². The van der Waals surface area contributed by atoms with Crippen molar-refractivity contribution in [2.75, 3.05) is 5.33 Å². The molecule has 2 heteroatoms. The number of halogens is 1. The maximum atomic E-state index is 5.76. The molecule has 0 unspecified atom stereocenters. The van der Waals surface area contributed by atoms with Gasteiger partial charge in [0.25, 0.3) is 0 Å². The first-order valence-electron chi connectivity index (χ1n) is 3.68.